The van der Waals surface area contributed by atoms with Crippen molar-refractivity contribution in [3.8, 4) is 17.3 Å². The van der Waals surface area contributed by atoms with Gasteiger partial charge in [0.25, 0.3) is 5.89 Å². The van der Waals surface area contributed by atoms with Crippen molar-refractivity contribution in [3.63, 3.8) is 0 Å². The van der Waals surface area contributed by atoms with E-state index < -0.39 is 0 Å². The maximum atomic E-state index is 12.3. The second-order valence-corrected chi connectivity index (χ2v) is 6.72. The number of pyridine rings is 1. The minimum atomic E-state index is -0.313. The molecule has 138 valence electrons. The Labute approximate surface area is 157 Å². The van der Waals surface area contributed by atoms with E-state index in [0.29, 0.717) is 29.6 Å². The Kier molecular flexibility index (Phi) is 4.35. The second kappa shape index (κ2) is 6.83. The van der Waals surface area contributed by atoms with Crippen molar-refractivity contribution in [2.45, 2.75) is 39.3 Å². The van der Waals surface area contributed by atoms with E-state index in [-0.39, 0.29) is 18.1 Å². The van der Waals surface area contributed by atoms with E-state index in [0.717, 1.165) is 11.3 Å². The van der Waals surface area contributed by atoms with Crippen LogP contribution in [0.5, 0.6) is 5.88 Å². The van der Waals surface area contributed by atoms with Crippen molar-refractivity contribution < 1.29 is 14.1 Å². The van der Waals surface area contributed by atoms with Crippen molar-refractivity contribution in [3.05, 3.63) is 54.0 Å². The molecule has 7 heteroatoms. The van der Waals surface area contributed by atoms with Gasteiger partial charge >= 0.3 is 0 Å². The van der Waals surface area contributed by atoms with Gasteiger partial charge in [0.2, 0.25) is 17.6 Å². The van der Waals surface area contributed by atoms with E-state index in [1.54, 1.807) is 24.1 Å². The van der Waals surface area contributed by atoms with E-state index in [2.05, 4.69) is 15.1 Å². The molecule has 27 heavy (non-hydrogen) atoms. The number of anilines is 1. The quantitative estimate of drug-likeness (QED) is 0.704. The van der Waals surface area contributed by atoms with Crippen molar-refractivity contribution in [1.82, 2.24) is 15.1 Å². The molecule has 1 atom stereocenters. The lowest BCUT2D eigenvalue weighted by Gasteiger charge is -2.21. The lowest BCUT2D eigenvalue weighted by atomic mass is 10.1. The van der Waals surface area contributed by atoms with Gasteiger partial charge < -0.3 is 9.26 Å². The molecule has 0 unspecified atom stereocenters. The topological polar surface area (TPSA) is 81.4 Å². The fourth-order valence-electron chi connectivity index (χ4n) is 3.33. The highest BCUT2D eigenvalue weighted by Crippen LogP contribution is 2.40. The van der Waals surface area contributed by atoms with Crippen LogP contribution in [0.3, 0.4) is 0 Å². The zero-order valence-electron chi connectivity index (χ0n) is 15.4. The summed E-state index contributed by atoms with van der Waals surface area (Å²) in [5.74, 6) is 1.19. The number of ether oxygens (including phenoxy) is 1. The monoisotopic (exact) mass is 364 g/mol. The molecule has 3 aromatic rings. The maximum absolute atomic E-state index is 12.3. The van der Waals surface area contributed by atoms with Crippen molar-refractivity contribution in [1.29, 1.82) is 0 Å². The van der Waals surface area contributed by atoms with Crippen LogP contribution in [0, 0.1) is 0 Å². The van der Waals surface area contributed by atoms with Gasteiger partial charge in [0.15, 0.2) is 0 Å². The predicted molar refractivity (Wildman–Crippen MR) is 99.3 cm³/mol. The first-order valence-electron chi connectivity index (χ1n) is 8.88. The SMILES string of the molecule is CC(=O)N1c2ccccc2C[C@H]1c1nc(-c2cccnc2OC(C)C)no1. The largest absolute Gasteiger partial charge is 0.474 e. The summed E-state index contributed by atoms with van der Waals surface area (Å²) in [6, 6.07) is 11.2. The molecule has 1 amide bonds. The van der Waals surface area contributed by atoms with Gasteiger partial charge in [-0.3, -0.25) is 9.69 Å². The lowest BCUT2D eigenvalue weighted by molar-refractivity contribution is -0.117. The highest BCUT2D eigenvalue weighted by molar-refractivity contribution is 5.94. The van der Waals surface area contributed by atoms with Gasteiger partial charge in [-0.05, 0) is 37.6 Å². The average Bonchev–Trinajstić information content (AvgIpc) is 3.26. The van der Waals surface area contributed by atoms with Crippen LogP contribution in [-0.4, -0.2) is 27.1 Å². The molecule has 0 fully saturated rings. The zero-order valence-corrected chi connectivity index (χ0v) is 15.4. The van der Waals surface area contributed by atoms with Crippen molar-refractivity contribution in [2.75, 3.05) is 4.90 Å². The fraction of sp³-hybridized carbons (Fsp3) is 0.300. The molecule has 0 bridgehead atoms. The first-order valence-corrected chi connectivity index (χ1v) is 8.88. The van der Waals surface area contributed by atoms with Gasteiger partial charge in [-0.2, -0.15) is 4.98 Å². The van der Waals surface area contributed by atoms with Crippen LogP contribution in [0.1, 0.15) is 38.3 Å². The third kappa shape index (κ3) is 3.16. The summed E-state index contributed by atoms with van der Waals surface area (Å²) < 4.78 is 11.3. The number of aromatic nitrogens is 3. The minimum absolute atomic E-state index is 0.0254. The van der Waals surface area contributed by atoms with Gasteiger partial charge in [-0.25, -0.2) is 4.98 Å². The first kappa shape index (κ1) is 17.2. The fourth-order valence-corrected chi connectivity index (χ4v) is 3.33. The number of rotatable bonds is 4. The Morgan fingerprint density at radius 1 is 1.26 bits per heavy atom. The van der Waals surface area contributed by atoms with Gasteiger partial charge in [0.1, 0.15) is 6.04 Å². The summed E-state index contributed by atoms with van der Waals surface area (Å²) in [4.78, 5) is 22.8. The zero-order chi connectivity index (χ0) is 19.0. The smallest absolute Gasteiger partial charge is 0.250 e. The number of para-hydroxylation sites is 1. The molecular formula is C20H20N4O3. The maximum Gasteiger partial charge on any atom is 0.250 e. The summed E-state index contributed by atoms with van der Waals surface area (Å²) in [5, 5.41) is 4.11. The lowest BCUT2D eigenvalue weighted by Crippen LogP contribution is -2.30. The van der Waals surface area contributed by atoms with E-state index >= 15 is 0 Å². The van der Waals surface area contributed by atoms with Crippen LogP contribution in [0.25, 0.3) is 11.4 Å². The molecule has 0 spiro atoms. The Morgan fingerprint density at radius 2 is 2.07 bits per heavy atom. The molecule has 0 saturated carbocycles. The minimum Gasteiger partial charge on any atom is -0.474 e. The number of benzene rings is 1. The van der Waals surface area contributed by atoms with Gasteiger partial charge in [-0.1, -0.05) is 23.4 Å². The molecule has 0 N–H and O–H groups in total. The second-order valence-electron chi connectivity index (χ2n) is 6.72. The summed E-state index contributed by atoms with van der Waals surface area (Å²) in [5.41, 5.74) is 2.63. The number of fused-ring (bicyclic) bond motifs is 1. The molecule has 1 aliphatic rings. The molecule has 7 nitrogen and oxygen atoms in total. The van der Waals surface area contributed by atoms with E-state index in [1.807, 2.05) is 44.2 Å². The Bertz CT molecular complexity index is 983. The van der Waals surface area contributed by atoms with Gasteiger partial charge in [-0.15, -0.1) is 0 Å². The van der Waals surface area contributed by atoms with Crippen molar-refractivity contribution >= 4 is 11.6 Å². The number of nitrogens with zero attached hydrogens (tertiary/aromatic N) is 4. The molecule has 1 aromatic carbocycles. The molecule has 0 radical (unpaired) electrons. The summed E-state index contributed by atoms with van der Waals surface area (Å²) in [6.45, 7) is 5.41. The third-order valence-electron chi connectivity index (χ3n) is 4.40. The average molecular weight is 364 g/mol. The summed E-state index contributed by atoms with van der Waals surface area (Å²) in [6.07, 6.45) is 2.27. The van der Waals surface area contributed by atoms with Gasteiger partial charge in [0.05, 0.1) is 11.7 Å². The van der Waals surface area contributed by atoms with Crippen LogP contribution in [0.15, 0.2) is 47.1 Å². The first-order chi connectivity index (χ1) is 13.0. The molecule has 0 saturated heterocycles. The van der Waals surface area contributed by atoms with Crippen LogP contribution in [0.4, 0.5) is 5.69 Å². The molecule has 1 aliphatic heterocycles. The van der Waals surface area contributed by atoms with Crippen molar-refractivity contribution in [2.24, 2.45) is 0 Å². The molecule has 3 heterocycles. The summed E-state index contributed by atoms with van der Waals surface area (Å²) in [7, 11) is 0. The number of carbonyl (C=O) groups excluding carboxylic acids is 1. The van der Waals surface area contributed by atoms with Crippen LogP contribution in [-0.2, 0) is 11.2 Å². The highest BCUT2D eigenvalue weighted by atomic mass is 16.5. The number of hydrogen-bond acceptors (Lipinski definition) is 6. The molecular weight excluding hydrogens is 344 g/mol. The number of carbonyl (C=O) groups is 1. The Morgan fingerprint density at radius 3 is 2.85 bits per heavy atom. The van der Waals surface area contributed by atoms with E-state index in [9.17, 15) is 4.79 Å². The van der Waals surface area contributed by atoms with Crippen LogP contribution < -0.4 is 9.64 Å². The summed E-state index contributed by atoms with van der Waals surface area (Å²) >= 11 is 0. The standard InChI is InChI=1S/C20H20N4O3/c1-12(2)26-19-15(8-6-10-21-19)18-22-20(27-23-18)17-11-14-7-4-5-9-16(14)24(17)13(3)25/h4-10,12,17H,11H2,1-3H3/t17-/m0/s1. The normalized spacial score (nSPS) is 15.9. The molecule has 4 rings (SSSR count). The third-order valence-corrected chi connectivity index (χ3v) is 4.40. The van der Waals surface area contributed by atoms with Crippen LogP contribution >= 0.6 is 0 Å². The van der Waals surface area contributed by atoms with Gasteiger partial charge in [0, 0.05) is 25.2 Å². The van der Waals surface area contributed by atoms with E-state index in [4.69, 9.17) is 9.26 Å². The Balaban J connectivity index is 1.69. The highest BCUT2D eigenvalue weighted by Gasteiger charge is 2.36. The Hall–Kier alpha value is -3.22. The number of amides is 1. The molecule has 0 aliphatic carbocycles. The predicted octanol–water partition coefficient (Wildman–Crippen LogP) is 3.57. The van der Waals surface area contributed by atoms with E-state index in [1.165, 1.54) is 0 Å². The number of hydrogen-bond donors (Lipinski definition) is 0. The van der Waals surface area contributed by atoms with Crippen LogP contribution in [0.2, 0.25) is 0 Å². The molecule has 2 aromatic heterocycles.